The van der Waals surface area contributed by atoms with E-state index in [2.05, 4.69) is 10.6 Å². The van der Waals surface area contributed by atoms with Crippen molar-refractivity contribution < 1.29 is 9.90 Å². The first kappa shape index (κ1) is 14.3. The van der Waals surface area contributed by atoms with Crippen LogP contribution in [0, 0.1) is 0 Å². The van der Waals surface area contributed by atoms with Crippen molar-refractivity contribution in [2.75, 3.05) is 11.9 Å². The van der Waals surface area contributed by atoms with Crippen LogP contribution in [0.5, 0.6) is 0 Å². The van der Waals surface area contributed by atoms with Crippen molar-refractivity contribution in [2.24, 2.45) is 0 Å². The number of aliphatic hydroxyl groups excluding tert-OH is 1. The lowest BCUT2D eigenvalue weighted by Crippen LogP contribution is -2.46. The minimum atomic E-state index is -0.435. The Hall–Kier alpha value is -2.07. The fourth-order valence-electron chi connectivity index (χ4n) is 2.08. The number of urea groups is 1. The number of anilines is 1. The van der Waals surface area contributed by atoms with Gasteiger partial charge >= 0.3 is 6.03 Å². The van der Waals surface area contributed by atoms with Gasteiger partial charge < -0.3 is 15.7 Å². The van der Waals surface area contributed by atoms with Gasteiger partial charge in [-0.3, -0.25) is 0 Å². The molecule has 4 nitrogen and oxygen atoms in total. The fraction of sp³-hybridized carbons (Fsp3) is 0.312. The van der Waals surface area contributed by atoms with E-state index in [0.717, 1.165) is 16.5 Å². The Bertz CT molecular complexity index is 608. The summed E-state index contributed by atoms with van der Waals surface area (Å²) >= 11 is 0. The van der Waals surface area contributed by atoms with Crippen LogP contribution in [-0.4, -0.2) is 23.3 Å². The van der Waals surface area contributed by atoms with Gasteiger partial charge in [0, 0.05) is 17.8 Å². The number of hydrogen-bond acceptors (Lipinski definition) is 2. The van der Waals surface area contributed by atoms with E-state index >= 15 is 0 Å². The summed E-state index contributed by atoms with van der Waals surface area (Å²) in [6.45, 7) is 3.80. The van der Waals surface area contributed by atoms with Crippen LogP contribution in [0.15, 0.2) is 42.5 Å². The first-order valence-electron chi connectivity index (χ1n) is 6.69. The third-order valence-electron chi connectivity index (χ3n) is 3.20. The quantitative estimate of drug-likeness (QED) is 0.800. The number of fused-ring (bicyclic) bond motifs is 1. The van der Waals surface area contributed by atoms with Gasteiger partial charge in [0.1, 0.15) is 0 Å². The SMILES string of the molecule is CC(C)(CCO)NC(=O)Nc1ccc2ccccc2c1. The maximum Gasteiger partial charge on any atom is 0.319 e. The van der Waals surface area contributed by atoms with E-state index in [1.54, 1.807) is 0 Å². The third-order valence-corrected chi connectivity index (χ3v) is 3.20. The lowest BCUT2D eigenvalue weighted by atomic mass is 10.0. The van der Waals surface area contributed by atoms with E-state index in [1.165, 1.54) is 0 Å². The molecule has 20 heavy (non-hydrogen) atoms. The molecule has 2 aromatic rings. The summed E-state index contributed by atoms with van der Waals surface area (Å²) in [7, 11) is 0. The van der Waals surface area contributed by atoms with E-state index in [0.29, 0.717) is 6.42 Å². The molecule has 0 fully saturated rings. The van der Waals surface area contributed by atoms with Gasteiger partial charge in [0.05, 0.1) is 0 Å². The largest absolute Gasteiger partial charge is 0.396 e. The Morgan fingerprint density at radius 1 is 1.15 bits per heavy atom. The van der Waals surface area contributed by atoms with Crippen LogP contribution in [-0.2, 0) is 0 Å². The highest BCUT2D eigenvalue weighted by molar-refractivity contribution is 5.93. The maximum absolute atomic E-state index is 11.9. The second-order valence-corrected chi connectivity index (χ2v) is 5.50. The summed E-state index contributed by atoms with van der Waals surface area (Å²) in [6.07, 6.45) is 0.512. The van der Waals surface area contributed by atoms with Gasteiger partial charge in [-0.15, -0.1) is 0 Å². The molecule has 0 atom stereocenters. The van der Waals surface area contributed by atoms with Gasteiger partial charge in [-0.1, -0.05) is 30.3 Å². The van der Waals surface area contributed by atoms with E-state index in [4.69, 9.17) is 5.11 Å². The number of rotatable bonds is 4. The molecular weight excluding hydrogens is 252 g/mol. The molecular formula is C16H20N2O2. The van der Waals surface area contributed by atoms with Crippen molar-refractivity contribution in [2.45, 2.75) is 25.8 Å². The van der Waals surface area contributed by atoms with Crippen LogP contribution in [0.2, 0.25) is 0 Å². The van der Waals surface area contributed by atoms with Gasteiger partial charge in [0.15, 0.2) is 0 Å². The minimum Gasteiger partial charge on any atom is -0.396 e. The predicted octanol–water partition coefficient (Wildman–Crippen LogP) is 3.12. The minimum absolute atomic E-state index is 0.0449. The molecule has 0 spiro atoms. The highest BCUT2D eigenvalue weighted by Gasteiger charge is 2.19. The third kappa shape index (κ3) is 3.71. The van der Waals surface area contributed by atoms with Gasteiger partial charge in [-0.25, -0.2) is 4.79 Å². The first-order chi connectivity index (χ1) is 9.50. The lowest BCUT2D eigenvalue weighted by molar-refractivity contribution is 0.218. The van der Waals surface area contributed by atoms with E-state index in [1.807, 2.05) is 56.3 Å². The lowest BCUT2D eigenvalue weighted by Gasteiger charge is -2.25. The molecule has 0 saturated carbocycles. The molecule has 0 aliphatic carbocycles. The van der Waals surface area contributed by atoms with Crippen molar-refractivity contribution in [3.63, 3.8) is 0 Å². The van der Waals surface area contributed by atoms with Crippen LogP contribution >= 0.6 is 0 Å². The molecule has 0 saturated heterocycles. The zero-order chi connectivity index (χ0) is 14.6. The molecule has 4 heteroatoms. The molecule has 0 heterocycles. The molecule has 106 valence electrons. The van der Waals surface area contributed by atoms with Gasteiger partial charge in [0.2, 0.25) is 0 Å². The number of aliphatic hydroxyl groups is 1. The molecule has 3 N–H and O–H groups in total. The number of amides is 2. The molecule has 2 amide bonds. The number of benzene rings is 2. The zero-order valence-corrected chi connectivity index (χ0v) is 11.8. The normalized spacial score (nSPS) is 11.3. The first-order valence-corrected chi connectivity index (χ1v) is 6.69. The number of nitrogens with one attached hydrogen (secondary N) is 2. The highest BCUT2D eigenvalue weighted by atomic mass is 16.3. The average molecular weight is 272 g/mol. The molecule has 0 aliphatic rings. The molecule has 0 aromatic heterocycles. The van der Waals surface area contributed by atoms with E-state index in [-0.39, 0.29) is 12.6 Å². The van der Waals surface area contributed by atoms with Gasteiger partial charge in [-0.2, -0.15) is 0 Å². The number of carbonyl (C=O) groups is 1. The van der Waals surface area contributed by atoms with Crippen molar-refractivity contribution in [3.05, 3.63) is 42.5 Å². The van der Waals surface area contributed by atoms with Crippen molar-refractivity contribution in [1.29, 1.82) is 0 Å². The summed E-state index contributed by atoms with van der Waals surface area (Å²) in [5.41, 5.74) is 0.316. The molecule has 0 unspecified atom stereocenters. The second-order valence-electron chi connectivity index (χ2n) is 5.50. The molecule has 2 aromatic carbocycles. The summed E-state index contributed by atoms with van der Waals surface area (Å²) in [6, 6.07) is 13.5. The van der Waals surface area contributed by atoms with E-state index in [9.17, 15) is 4.79 Å². The van der Waals surface area contributed by atoms with Crippen molar-refractivity contribution in [1.82, 2.24) is 5.32 Å². The van der Waals surface area contributed by atoms with E-state index < -0.39 is 5.54 Å². The monoisotopic (exact) mass is 272 g/mol. The van der Waals surface area contributed by atoms with Crippen LogP contribution < -0.4 is 10.6 Å². The summed E-state index contributed by atoms with van der Waals surface area (Å²) in [4.78, 5) is 11.9. The molecule has 0 aliphatic heterocycles. The van der Waals surface area contributed by atoms with Crippen LogP contribution in [0.25, 0.3) is 10.8 Å². The Balaban J connectivity index is 2.06. The standard InChI is InChI=1S/C16H20N2O2/c1-16(2,9-10-19)18-15(20)17-14-8-7-12-5-3-4-6-13(12)11-14/h3-8,11,19H,9-10H2,1-2H3,(H2,17,18,20). The fourth-order valence-corrected chi connectivity index (χ4v) is 2.08. The molecule has 0 bridgehead atoms. The second kappa shape index (κ2) is 5.92. The Morgan fingerprint density at radius 2 is 1.85 bits per heavy atom. The number of hydrogen-bond donors (Lipinski definition) is 3. The van der Waals surface area contributed by atoms with Gasteiger partial charge in [0.25, 0.3) is 0 Å². The smallest absolute Gasteiger partial charge is 0.319 e. The average Bonchev–Trinajstić information content (AvgIpc) is 2.37. The maximum atomic E-state index is 11.9. The highest BCUT2D eigenvalue weighted by Crippen LogP contribution is 2.19. The van der Waals surface area contributed by atoms with Crippen molar-refractivity contribution in [3.8, 4) is 0 Å². The molecule has 2 rings (SSSR count). The van der Waals surface area contributed by atoms with Crippen LogP contribution in [0.4, 0.5) is 10.5 Å². The Kier molecular flexibility index (Phi) is 4.25. The Labute approximate surface area is 118 Å². The Morgan fingerprint density at radius 3 is 2.55 bits per heavy atom. The summed E-state index contributed by atoms with van der Waals surface area (Å²) < 4.78 is 0. The topological polar surface area (TPSA) is 61.4 Å². The predicted molar refractivity (Wildman–Crippen MR) is 81.9 cm³/mol. The van der Waals surface area contributed by atoms with Crippen LogP contribution in [0.3, 0.4) is 0 Å². The van der Waals surface area contributed by atoms with Gasteiger partial charge in [-0.05, 0) is 43.2 Å². The van der Waals surface area contributed by atoms with Crippen LogP contribution in [0.1, 0.15) is 20.3 Å². The summed E-state index contributed by atoms with van der Waals surface area (Å²) in [5, 5.41) is 16.8. The molecule has 0 radical (unpaired) electrons. The van der Waals surface area contributed by atoms with Crippen molar-refractivity contribution >= 4 is 22.5 Å². The number of carbonyl (C=O) groups excluding carboxylic acids is 1. The zero-order valence-electron chi connectivity index (χ0n) is 11.8. The summed E-state index contributed by atoms with van der Waals surface area (Å²) in [5.74, 6) is 0.